The van der Waals surface area contributed by atoms with Gasteiger partial charge in [-0.25, -0.2) is 9.79 Å². The largest absolute Gasteiger partial charge is 0.490 e. The second-order valence-corrected chi connectivity index (χ2v) is 4.61. The van der Waals surface area contributed by atoms with Crippen molar-refractivity contribution in [1.29, 1.82) is 0 Å². The fourth-order valence-electron chi connectivity index (χ4n) is 1.74. The molecule has 0 heterocycles. The van der Waals surface area contributed by atoms with Gasteiger partial charge in [-0.1, -0.05) is 0 Å². The highest BCUT2D eigenvalue weighted by molar-refractivity contribution is 5.96. The van der Waals surface area contributed by atoms with E-state index in [1.165, 1.54) is 0 Å². The molecule has 0 aliphatic heterocycles. The quantitative estimate of drug-likeness (QED) is 0.420. The molecule has 0 saturated heterocycles. The molecule has 1 aromatic rings. The zero-order valence-electron chi connectivity index (χ0n) is 13.9. The lowest BCUT2D eigenvalue weighted by Crippen LogP contribution is -2.09. The van der Waals surface area contributed by atoms with E-state index in [9.17, 15) is 4.79 Å². The maximum absolute atomic E-state index is 12.1. The van der Waals surface area contributed by atoms with Crippen molar-refractivity contribution in [2.45, 2.75) is 20.8 Å². The van der Waals surface area contributed by atoms with Crippen LogP contribution in [0.3, 0.4) is 0 Å². The molecule has 0 atom stereocenters. The predicted octanol–water partition coefficient (Wildman–Crippen LogP) is 2.88. The highest BCUT2D eigenvalue weighted by Gasteiger charge is 2.18. The van der Waals surface area contributed by atoms with Gasteiger partial charge in [-0.15, -0.1) is 0 Å². The van der Waals surface area contributed by atoms with E-state index in [0.717, 1.165) is 0 Å². The van der Waals surface area contributed by atoms with Crippen LogP contribution in [0.4, 0.5) is 5.69 Å². The third-order valence-corrected chi connectivity index (χ3v) is 2.58. The van der Waals surface area contributed by atoms with E-state index >= 15 is 0 Å². The van der Waals surface area contributed by atoms with E-state index in [4.69, 9.17) is 14.2 Å². The van der Waals surface area contributed by atoms with Gasteiger partial charge in [0.2, 0.25) is 0 Å². The molecule has 122 valence electrons. The molecule has 0 amide bonds. The standard InChI is InChI=1S/C16H24N2O4/c1-6-20-14-9-12(16(19)22-8-3)13(17-11-18(4)5)10-15(14)21-7-2/h9-11H,6-8H2,1-5H3. The normalized spacial score (nSPS) is 10.6. The molecule has 0 saturated carbocycles. The van der Waals surface area contributed by atoms with Crippen LogP contribution in [0.25, 0.3) is 0 Å². The van der Waals surface area contributed by atoms with Crippen LogP contribution in [0.5, 0.6) is 11.5 Å². The van der Waals surface area contributed by atoms with Gasteiger partial charge in [-0.3, -0.25) is 0 Å². The second kappa shape index (κ2) is 8.92. The molecule has 0 bridgehead atoms. The fourth-order valence-corrected chi connectivity index (χ4v) is 1.74. The molecule has 6 heteroatoms. The minimum Gasteiger partial charge on any atom is -0.490 e. The summed E-state index contributed by atoms with van der Waals surface area (Å²) in [6.07, 6.45) is 1.62. The van der Waals surface area contributed by atoms with Gasteiger partial charge in [0, 0.05) is 26.2 Å². The van der Waals surface area contributed by atoms with Crippen LogP contribution in [0.2, 0.25) is 0 Å². The van der Waals surface area contributed by atoms with Crippen molar-refractivity contribution in [3.8, 4) is 11.5 Å². The number of carbonyl (C=O) groups excluding carboxylic acids is 1. The van der Waals surface area contributed by atoms with Gasteiger partial charge in [0.1, 0.15) is 0 Å². The maximum Gasteiger partial charge on any atom is 0.340 e. The number of hydrogen-bond donors (Lipinski definition) is 0. The minimum absolute atomic E-state index is 0.298. The summed E-state index contributed by atoms with van der Waals surface area (Å²) in [5, 5.41) is 0. The molecule has 22 heavy (non-hydrogen) atoms. The zero-order chi connectivity index (χ0) is 16.5. The number of benzene rings is 1. The second-order valence-electron chi connectivity index (χ2n) is 4.61. The molecule has 1 aromatic carbocycles. The van der Waals surface area contributed by atoms with E-state index in [0.29, 0.717) is 42.6 Å². The molecule has 0 aliphatic rings. The summed E-state index contributed by atoms with van der Waals surface area (Å²) in [6, 6.07) is 3.32. The lowest BCUT2D eigenvalue weighted by molar-refractivity contribution is 0.0527. The van der Waals surface area contributed by atoms with Crippen molar-refractivity contribution in [2.24, 2.45) is 4.99 Å². The van der Waals surface area contributed by atoms with Crippen LogP contribution in [-0.2, 0) is 4.74 Å². The van der Waals surface area contributed by atoms with Gasteiger partial charge < -0.3 is 19.1 Å². The molecule has 0 radical (unpaired) electrons. The van der Waals surface area contributed by atoms with Gasteiger partial charge in [-0.05, 0) is 20.8 Å². The van der Waals surface area contributed by atoms with Crippen LogP contribution in [0.15, 0.2) is 17.1 Å². The summed E-state index contributed by atoms with van der Waals surface area (Å²) in [4.78, 5) is 18.2. The molecule has 1 rings (SSSR count). The van der Waals surface area contributed by atoms with Crippen LogP contribution in [0.1, 0.15) is 31.1 Å². The fraction of sp³-hybridized carbons (Fsp3) is 0.500. The van der Waals surface area contributed by atoms with Gasteiger partial charge in [0.15, 0.2) is 11.5 Å². The van der Waals surface area contributed by atoms with Crippen LogP contribution in [0, 0.1) is 0 Å². The van der Waals surface area contributed by atoms with E-state index in [-0.39, 0.29) is 0 Å². The molecule has 0 unspecified atom stereocenters. The Morgan fingerprint density at radius 2 is 1.68 bits per heavy atom. The van der Waals surface area contributed by atoms with Gasteiger partial charge in [0.05, 0.1) is 37.4 Å². The third kappa shape index (κ3) is 4.95. The summed E-state index contributed by atoms with van der Waals surface area (Å²) in [5.74, 6) is 0.636. The van der Waals surface area contributed by atoms with Crippen LogP contribution in [-0.4, -0.2) is 51.1 Å². The average molecular weight is 308 g/mol. The molecule has 0 aliphatic carbocycles. The highest BCUT2D eigenvalue weighted by Crippen LogP contribution is 2.35. The number of aliphatic imine (C=N–C) groups is 1. The highest BCUT2D eigenvalue weighted by atomic mass is 16.5. The Morgan fingerprint density at radius 3 is 2.18 bits per heavy atom. The number of nitrogens with zero attached hydrogens (tertiary/aromatic N) is 2. The Hall–Kier alpha value is -2.24. The molecule has 0 fully saturated rings. The van der Waals surface area contributed by atoms with E-state index in [1.54, 1.807) is 30.3 Å². The molecule has 0 spiro atoms. The van der Waals surface area contributed by atoms with Crippen molar-refractivity contribution in [2.75, 3.05) is 33.9 Å². The van der Waals surface area contributed by atoms with Crippen molar-refractivity contribution < 1.29 is 19.0 Å². The van der Waals surface area contributed by atoms with Crippen molar-refractivity contribution in [3.05, 3.63) is 17.7 Å². The number of hydrogen-bond acceptors (Lipinski definition) is 5. The summed E-state index contributed by atoms with van der Waals surface area (Å²) in [5.41, 5.74) is 0.839. The summed E-state index contributed by atoms with van der Waals surface area (Å²) in [7, 11) is 3.71. The Balaban J connectivity index is 3.34. The Kier molecular flexibility index (Phi) is 7.22. The first-order chi connectivity index (χ1) is 10.5. The molecule has 6 nitrogen and oxygen atoms in total. The van der Waals surface area contributed by atoms with Crippen molar-refractivity contribution in [1.82, 2.24) is 4.90 Å². The van der Waals surface area contributed by atoms with Crippen LogP contribution < -0.4 is 9.47 Å². The van der Waals surface area contributed by atoms with Gasteiger partial charge >= 0.3 is 5.97 Å². The predicted molar refractivity (Wildman–Crippen MR) is 86.6 cm³/mol. The van der Waals surface area contributed by atoms with Gasteiger partial charge in [0.25, 0.3) is 0 Å². The Morgan fingerprint density at radius 1 is 1.09 bits per heavy atom. The average Bonchev–Trinajstić information content (AvgIpc) is 2.47. The van der Waals surface area contributed by atoms with E-state index in [2.05, 4.69) is 4.99 Å². The summed E-state index contributed by atoms with van der Waals surface area (Å²) in [6.45, 7) is 6.79. The maximum atomic E-state index is 12.1. The van der Waals surface area contributed by atoms with Crippen molar-refractivity contribution in [3.63, 3.8) is 0 Å². The topological polar surface area (TPSA) is 60.4 Å². The summed E-state index contributed by atoms with van der Waals surface area (Å²) < 4.78 is 16.2. The third-order valence-electron chi connectivity index (χ3n) is 2.58. The number of ether oxygens (including phenoxy) is 3. The monoisotopic (exact) mass is 308 g/mol. The van der Waals surface area contributed by atoms with E-state index < -0.39 is 5.97 Å². The lowest BCUT2D eigenvalue weighted by Gasteiger charge is -2.14. The van der Waals surface area contributed by atoms with Crippen molar-refractivity contribution >= 4 is 18.0 Å². The van der Waals surface area contributed by atoms with Crippen LogP contribution >= 0.6 is 0 Å². The first kappa shape index (κ1) is 17.8. The Bertz CT molecular complexity index is 527. The number of esters is 1. The molecular weight excluding hydrogens is 284 g/mol. The molecule has 0 aromatic heterocycles. The van der Waals surface area contributed by atoms with E-state index in [1.807, 2.05) is 27.9 Å². The zero-order valence-corrected chi connectivity index (χ0v) is 13.9. The first-order valence-electron chi connectivity index (χ1n) is 7.34. The first-order valence-corrected chi connectivity index (χ1v) is 7.34. The number of carbonyl (C=O) groups is 1. The van der Waals surface area contributed by atoms with Gasteiger partial charge in [-0.2, -0.15) is 0 Å². The summed E-state index contributed by atoms with van der Waals surface area (Å²) >= 11 is 0. The Labute approximate surface area is 131 Å². The minimum atomic E-state index is -0.433. The molecular formula is C16H24N2O4. The molecule has 0 N–H and O–H groups in total. The SMILES string of the molecule is CCOC(=O)c1cc(OCC)c(OCC)cc1N=CN(C)C. The smallest absolute Gasteiger partial charge is 0.340 e. The number of rotatable bonds is 8. The lowest BCUT2D eigenvalue weighted by atomic mass is 10.1.